The lowest BCUT2D eigenvalue weighted by Gasteiger charge is -2.26. The van der Waals surface area contributed by atoms with Crippen LogP contribution < -0.4 is 5.32 Å². The van der Waals surface area contributed by atoms with E-state index in [0.29, 0.717) is 12.6 Å². The van der Waals surface area contributed by atoms with Crippen LogP contribution in [0.15, 0.2) is 0 Å². The first-order valence-electron chi connectivity index (χ1n) is 3.28. The number of nitrogens with one attached hydrogen (secondary N) is 1. The average molecular weight is 168 g/mol. The van der Waals surface area contributed by atoms with Gasteiger partial charge in [-0.05, 0) is 6.92 Å². The van der Waals surface area contributed by atoms with Crippen molar-refractivity contribution in [3.8, 4) is 0 Å². The van der Waals surface area contributed by atoms with Crippen molar-refractivity contribution in [1.29, 1.82) is 0 Å². The summed E-state index contributed by atoms with van der Waals surface area (Å²) in [5.74, 6) is 0. The van der Waals surface area contributed by atoms with Gasteiger partial charge in [-0.15, -0.1) is 12.4 Å². The number of hydrogen-bond donors (Lipinski definition) is 2. The van der Waals surface area contributed by atoms with Gasteiger partial charge in [0.25, 0.3) is 0 Å². The van der Waals surface area contributed by atoms with E-state index in [1.165, 1.54) is 0 Å². The summed E-state index contributed by atoms with van der Waals surface area (Å²) in [7, 11) is 0. The van der Waals surface area contributed by atoms with Gasteiger partial charge < -0.3 is 15.2 Å². The largest absolute Gasteiger partial charge is 0.394 e. The molecule has 3 nitrogen and oxygen atoms in total. The first-order chi connectivity index (χ1) is 4.33. The van der Waals surface area contributed by atoms with Crippen molar-refractivity contribution in [2.24, 2.45) is 0 Å². The molecule has 0 aromatic carbocycles. The predicted molar refractivity (Wildman–Crippen MR) is 41.5 cm³/mol. The van der Waals surface area contributed by atoms with Gasteiger partial charge in [0.2, 0.25) is 0 Å². The zero-order valence-corrected chi connectivity index (χ0v) is 6.86. The Balaban J connectivity index is 0.000000810. The third kappa shape index (κ3) is 2.84. The molecule has 10 heavy (non-hydrogen) atoms. The summed E-state index contributed by atoms with van der Waals surface area (Å²) in [6, 6.07) is 0.438. The molecule has 0 aromatic rings. The maximum absolute atomic E-state index is 8.61. The standard InChI is InChI=1S/C6H13NO2.ClH/c1-5-4-9-6(3-8)2-7-5;/h5-8H,2-4H2,1H3;1H. The van der Waals surface area contributed by atoms with E-state index >= 15 is 0 Å². The van der Waals surface area contributed by atoms with Crippen molar-refractivity contribution in [2.45, 2.75) is 19.1 Å². The zero-order chi connectivity index (χ0) is 6.69. The van der Waals surface area contributed by atoms with E-state index in [4.69, 9.17) is 9.84 Å². The average Bonchev–Trinajstić information content (AvgIpc) is 1.90. The Labute approximate surface area is 67.2 Å². The number of hydrogen-bond acceptors (Lipinski definition) is 3. The van der Waals surface area contributed by atoms with Gasteiger partial charge in [0.15, 0.2) is 0 Å². The third-order valence-corrected chi connectivity index (χ3v) is 1.48. The van der Waals surface area contributed by atoms with E-state index in [1.807, 2.05) is 0 Å². The van der Waals surface area contributed by atoms with E-state index in [1.54, 1.807) is 0 Å². The first kappa shape index (κ1) is 10.2. The molecule has 0 radical (unpaired) electrons. The quantitative estimate of drug-likeness (QED) is 0.568. The number of rotatable bonds is 1. The minimum atomic E-state index is 0. The molecule has 1 aliphatic heterocycles. The Morgan fingerprint density at radius 3 is 2.80 bits per heavy atom. The van der Waals surface area contributed by atoms with Crippen LogP contribution in [-0.4, -0.2) is 37.0 Å². The summed E-state index contributed by atoms with van der Waals surface area (Å²) in [6.45, 7) is 3.68. The second-order valence-electron chi connectivity index (χ2n) is 2.45. The van der Waals surface area contributed by atoms with Gasteiger partial charge in [0.05, 0.1) is 19.3 Å². The number of halogens is 1. The van der Waals surface area contributed by atoms with Crippen molar-refractivity contribution < 1.29 is 9.84 Å². The molecular weight excluding hydrogens is 154 g/mol. The second kappa shape index (κ2) is 4.91. The van der Waals surface area contributed by atoms with Gasteiger partial charge in [-0.3, -0.25) is 0 Å². The molecule has 0 bridgehead atoms. The molecule has 62 valence electrons. The third-order valence-electron chi connectivity index (χ3n) is 1.48. The van der Waals surface area contributed by atoms with Crippen LogP contribution in [0.25, 0.3) is 0 Å². The Bertz CT molecular complexity index is 83.8. The highest BCUT2D eigenvalue weighted by molar-refractivity contribution is 5.85. The van der Waals surface area contributed by atoms with E-state index in [0.717, 1.165) is 6.54 Å². The topological polar surface area (TPSA) is 41.5 Å². The van der Waals surface area contributed by atoms with Crippen molar-refractivity contribution in [1.82, 2.24) is 5.32 Å². The molecule has 2 atom stereocenters. The van der Waals surface area contributed by atoms with E-state index < -0.39 is 0 Å². The van der Waals surface area contributed by atoms with Gasteiger partial charge in [0.1, 0.15) is 0 Å². The van der Waals surface area contributed by atoms with Gasteiger partial charge >= 0.3 is 0 Å². The maximum atomic E-state index is 8.61. The molecule has 0 saturated carbocycles. The minimum Gasteiger partial charge on any atom is -0.394 e. The Kier molecular flexibility index (Phi) is 4.99. The van der Waals surface area contributed by atoms with Gasteiger partial charge in [0, 0.05) is 12.6 Å². The molecular formula is C6H14ClNO2. The van der Waals surface area contributed by atoms with Crippen LogP contribution >= 0.6 is 12.4 Å². The number of morpholine rings is 1. The lowest BCUT2D eigenvalue weighted by molar-refractivity contribution is -0.0222. The van der Waals surface area contributed by atoms with Crippen LogP contribution in [0.5, 0.6) is 0 Å². The summed E-state index contributed by atoms with van der Waals surface area (Å²) in [6.07, 6.45) is 0.0150. The fraction of sp³-hybridized carbons (Fsp3) is 1.00. The second-order valence-corrected chi connectivity index (χ2v) is 2.45. The first-order valence-corrected chi connectivity index (χ1v) is 3.28. The Morgan fingerprint density at radius 2 is 2.40 bits per heavy atom. The normalized spacial score (nSPS) is 33.0. The van der Waals surface area contributed by atoms with E-state index in [2.05, 4.69) is 12.2 Å². The summed E-state index contributed by atoms with van der Waals surface area (Å²) in [4.78, 5) is 0. The Morgan fingerprint density at radius 1 is 1.70 bits per heavy atom. The zero-order valence-electron chi connectivity index (χ0n) is 6.04. The summed E-state index contributed by atoms with van der Waals surface area (Å²) >= 11 is 0. The number of aliphatic hydroxyl groups is 1. The van der Waals surface area contributed by atoms with Crippen molar-refractivity contribution in [2.75, 3.05) is 19.8 Å². The van der Waals surface area contributed by atoms with Crippen LogP contribution in [0.2, 0.25) is 0 Å². The molecule has 2 N–H and O–H groups in total. The minimum absolute atomic E-state index is 0. The van der Waals surface area contributed by atoms with Crippen LogP contribution in [0.1, 0.15) is 6.92 Å². The molecule has 1 saturated heterocycles. The van der Waals surface area contributed by atoms with E-state index in [-0.39, 0.29) is 25.1 Å². The molecule has 4 heteroatoms. The lowest BCUT2D eigenvalue weighted by atomic mass is 10.2. The molecule has 1 aliphatic rings. The number of ether oxygens (including phenoxy) is 1. The van der Waals surface area contributed by atoms with Crippen molar-refractivity contribution in [3.05, 3.63) is 0 Å². The molecule has 0 aliphatic carbocycles. The highest BCUT2D eigenvalue weighted by Crippen LogP contribution is 1.98. The van der Waals surface area contributed by atoms with Crippen LogP contribution in [0.4, 0.5) is 0 Å². The van der Waals surface area contributed by atoms with Gasteiger partial charge in [-0.25, -0.2) is 0 Å². The predicted octanol–water partition coefficient (Wildman–Crippen LogP) is -0.223. The van der Waals surface area contributed by atoms with Gasteiger partial charge in [-0.1, -0.05) is 0 Å². The molecule has 2 unspecified atom stereocenters. The van der Waals surface area contributed by atoms with Crippen LogP contribution in [0.3, 0.4) is 0 Å². The smallest absolute Gasteiger partial charge is 0.0930 e. The summed E-state index contributed by atoms with van der Waals surface area (Å²) in [5, 5.41) is 11.8. The monoisotopic (exact) mass is 167 g/mol. The highest BCUT2D eigenvalue weighted by atomic mass is 35.5. The molecule has 1 heterocycles. The molecule has 1 fully saturated rings. The maximum Gasteiger partial charge on any atom is 0.0930 e. The van der Waals surface area contributed by atoms with Crippen molar-refractivity contribution >= 4 is 12.4 Å². The summed E-state index contributed by atoms with van der Waals surface area (Å²) < 4.78 is 5.23. The Hall–Kier alpha value is 0.170. The fourth-order valence-electron chi connectivity index (χ4n) is 0.848. The molecule has 0 spiro atoms. The van der Waals surface area contributed by atoms with Gasteiger partial charge in [-0.2, -0.15) is 0 Å². The fourth-order valence-corrected chi connectivity index (χ4v) is 0.848. The lowest BCUT2D eigenvalue weighted by Crippen LogP contribution is -2.46. The highest BCUT2D eigenvalue weighted by Gasteiger charge is 2.15. The molecule has 0 amide bonds. The van der Waals surface area contributed by atoms with Crippen LogP contribution in [0, 0.1) is 0 Å². The SMILES string of the molecule is CC1COC(CO)CN1.Cl. The van der Waals surface area contributed by atoms with Crippen molar-refractivity contribution in [3.63, 3.8) is 0 Å². The van der Waals surface area contributed by atoms with Crippen LogP contribution in [-0.2, 0) is 4.74 Å². The number of aliphatic hydroxyl groups excluding tert-OH is 1. The molecule has 1 rings (SSSR count). The van der Waals surface area contributed by atoms with E-state index in [9.17, 15) is 0 Å². The molecule has 0 aromatic heterocycles. The summed E-state index contributed by atoms with van der Waals surface area (Å²) in [5.41, 5.74) is 0.